The van der Waals surface area contributed by atoms with Crippen LogP contribution >= 0.6 is 0 Å². The minimum absolute atomic E-state index is 0.000000000000000666. The molecule has 0 unspecified atom stereocenters. The molecule has 3 nitrogen and oxygen atoms in total. The number of carbonyl (C=O) groups is 1. The van der Waals surface area contributed by atoms with Gasteiger partial charge in [-0.05, 0) is 18.2 Å². The zero-order valence-electron chi connectivity index (χ0n) is 9.02. The molecule has 0 aliphatic rings. The lowest BCUT2D eigenvalue weighted by atomic mass is 9.98. The standard InChI is InChI=1S/C13H8F2O3/c14-7-4-5-8(11(16)6-7)9-2-1-3-10(15)12(9)13(17)18/h1-6,16H,(H,17,18). The minimum atomic E-state index is -1.45. The fourth-order valence-corrected chi connectivity index (χ4v) is 1.70. The lowest BCUT2D eigenvalue weighted by molar-refractivity contribution is 0.0693. The van der Waals surface area contributed by atoms with Crippen LogP contribution in [-0.2, 0) is 0 Å². The minimum Gasteiger partial charge on any atom is -0.507 e. The molecule has 2 rings (SSSR count). The fraction of sp³-hybridized carbons (Fsp3) is 0. The van der Waals surface area contributed by atoms with Gasteiger partial charge in [-0.1, -0.05) is 12.1 Å². The molecule has 0 heterocycles. The van der Waals surface area contributed by atoms with Gasteiger partial charge in [-0.25, -0.2) is 13.6 Å². The summed E-state index contributed by atoms with van der Waals surface area (Å²) < 4.78 is 26.3. The van der Waals surface area contributed by atoms with Crippen molar-refractivity contribution in [3.05, 3.63) is 53.6 Å². The molecule has 5 heteroatoms. The summed E-state index contributed by atoms with van der Waals surface area (Å²) in [7, 11) is 0. The molecule has 0 saturated carbocycles. The van der Waals surface area contributed by atoms with E-state index in [0.717, 1.165) is 18.2 Å². The molecule has 2 aromatic rings. The summed E-state index contributed by atoms with van der Waals surface area (Å²) >= 11 is 0. The van der Waals surface area contributed by atoms with Gasteiger partial charge >= 0.3 is 5.97 Å². The Kier molecular flexibility index (Phi) is 2.97. The summed E-state index contributed by atoms with van der Waals surface area (Å²) in [6.07, 6.45) is 0. The third kappa shape index (κ3) is 2.02. The molecular formula is C13H8F2O3. The Morgan fingerprint density at radius 3 is 2.39 bits per heavy atom. The molecule has 0 saturated heterocycles. The van der Waals surface area contributed by atoms with Gasteiger partial charge in [0, 0.05) is 17.2 Å². The Balaban J connectivity index is 2.71. The molecule has 2 aromatic carbocycles. The first-order valence-electron chi connectivity index (χ1n) is 5.01. The maximum atomic E-state index is 13.5. The van der Waals surface area contributed by atoms with Crippen LogP contribution in [0.1, 0.15) is 10.4 Å². The number of rotatable bonds is 2. The van der Waals surface area contributed by atoms with Gasteiger partial charge in [-0.2, -0.15) is 0 Å². The average Bonchev–Trinajstić information content (AvgIpc) is 2.28. The third-order valence-electron chi connectivity index (χ3n) is 2.48. The van der Waals surface area contributed by atoms with E-state index in [4.69, 9.17) is 5.11 Å². The van der Waals surface area contributed by atoms with Crippen molar-refractivity contribution < 1.29 is 23.8 Å². The first-order chi connectivity index (χ1) is 8.50. The lowest BCUT2D eigenvalue weighted by Gasteiger charge is -2.09. The number of aromatic carboxylic acids is 1. The molecule has 92 valence electrons. The van der Waals surface area contributed by atoms with Crippen molar-refractivity contribution in [3.8, 4) is 16.9 Å². The monoisotopic (exact) mass is 250 g/mol. The first-order valence-corrected chi connectivity index (χ1v) is 5.01. The van der Waals surface area contributed by atoms with Crippen molar-refractivity contribution in [2.24, 2.45) is 0 Å². The van der Waals surface area contributed by atoms with Gasteiger partial charge in [0.05, 0.1) is 0 Å². The van der Waals surface area contributed by atoms with Gasteiger partial charge in [0.25, 0.3) is 0 Å². The van der Waals surface area contributed by atoms with Crippen molar-refractivity contribution >= 4 is 5.97 Å². The normalized spacial score (nSPS) is 10.3. The number of hydrogen-bond donors (Lipinski definition) is 2. The highest BCUT2D eigenvalue weighted by Gasteiger charge is 2.18. The second-order valence-electron chi connectivity index (χ2n) is 3.63. The molecule has 2 N–H and O–H groups in total. The van der Waals surface area contributed by atoms with E-state index in [1.165, 1.54) is 18.2 Å². The van der Waals surface area contributed by atoms with Crippen LogP contribution < -0.4 is 0 Å². The van der Waals surface area contributed by atoms with Crippen LogP contribution in [0.3, 0.4) is 0 Å². The van der Waals surface area contributed by atoms with Gasteiger partial charge in [-0.15, -0.1) is 0 Å². The Hall–Kier alpha value is -2.43. The predicted molar refractivity (Wildman–Crippen MR) is 60.4 cm³/mol. The highest BCUT2D eigenvalue weighted by molar-refractivity contribution is 5.97. The van der Waals surface area contributed by atoms with Crippen molar-refractivity contribution in [1.82, 2.24) is 0 Å². The second kappa shape index (κ2) is 4.44. The van der Waals surface area contributed by atoms with Gasteiger partial charge in [0.15, 0.2) is 0 Å². The molecule has 18 heavy (non-hydrogen) atoms. The maximum Gasteiger partial charge on any atom is 0.339 e. The summed E-state index contributed by atoms with van der Waals surface area (Å²) in [6.45, 7) is 0. The van der Waals surface area contributed by atoms with Crippen LogP contribution in [0, 0.1) is 11.6 Å². The van der Waals surface area contributed by atoms with E-state index in [1.54, 1.807) is 0 Å². The van der Waals surface area contributed by atoms with Crippen LogP contribution in [0.5, 0.6) is 5.75 Å². The fourth-order valence-electron chi connectivity index (χ4n) is 1.70. The lowest BCUT2D eigenvalue weighted by Crippen LogP contribution is -2.03. The summed E-state index contributed by atoms with van der Waals surface area (Å²) in [6, 6.07) is 6.77. The molecule has 0 radical (unpaired) electrons. The van der Waals surface area contributed by atoms with Crippen molar-refractivity contribution in [1.29, 1.82) is 0 Å². The Labute approximate surface area is 101 Å². The number of hydrogen-bond acceptors (Lipinski definition) is 2. The van der Waals surface area contributed by atoms with E-state index < -0.39 is 28.9 Å². The quantitative estimate of drug-likeness (QED) is 0.861. The highest BCUT2D eigenvalue weighted by atomic mass is 19.1. The average molecular weight is 250 g/mol. The summed E-state index contributed by atoms with van der Waals surface area (Å²) in [5.41, 5.74) is -0.493. The van der Waals surface area contributed by atoms with Crippen molar-refractivity contribution in [2.45, 2.75) is 0 Å². The smallest absolute Gasteiger partial charge is 0.339 e. The number of phenolic OH excluding ortho intramolecular Hbond substituents is 1. The van der Waals surface area contributed by atoms with Crippen LogP contribution in [0.25, 0.3) is 11.1 Å². The van der Waals surface area contributed by atoms with Crippen LogP contribution in [0.15, 0.2) is 36.4 Å². The van der Waals surface area contributed by atoms with Gasteiger partial charge in [0.2, 0.25) is 0 Å². The van der Waals surface area contributed by atoms with Crippen LogP contribution in [0.2, 0.25) is 0 Å². The number of phenols is 1. The number of carboxylic acids is 1. The van der Waals surface area contributed by atoms with E-state index in [1.807, 2.05) is 0 Å². The van der Waals surface area contributed by atoms with Gasteiger partial charge < -0.3 is 10.2 Å². The molecule has 0 atom stereocenters. The molecule has 0 aliphatic heterocycles. The Morgan fingerprint density at radius 1 is 1.06 bits per heavy atom. The van der Waals surface area contributed by atoms with E-state index in [9.17, 15) is 18.7 Å². The van der Waals surface area contributed by atoms with E-state index >= 15 is 0 Å². The number of aromatic hydroxyl groups is 1. The molecule has 0 aliphatic carbocycles. The highest BCUT2D eigenvalue weighted by Crippen LogP contribution is 2.33. The molecule has 0 aromatic heterocycles. The van der Waals surface area contributed by atoms with E-state index in [0.29, 0.717) is 0 Å². The van der Waals surface area contributed by atoms with Crippen LogP contribution in [-0.4, -0.2) is 16.2 Å². The number of halogens is 2. The molecule has 0 amide bonds. The van der Waals surface area contributed by atoms with Gasteiger partial charge in [0.1, 0.15) is 22.9 Å². The Bertz CT molecular complexity index is 624. The molecular weight excluding hydrogens is 242 g/mol. The topological polar surface area (TPSA) is 57.5 Å². The maximum absolute atomic E-state index is 13.5. The van der Waals surface area contributed by atoms with Crippen molar-refractivity contribution in [2.75, 3.05) is 0 Å². The largest absolute Gasteiger partial charge is 0.507 e. The summed E-state index contributed by atoms with van der Waals surface area (Å²) in [5, 5.41) is 18.5. The van der Waals surface area contributed by atoms with Gasteiger partial charge in [-0.3, -0.25) is 0 Å². The third-order valence-corrected chi connectivity index (χ3v) is 2.48. The zero-order valence-corrected chi connectivity index (χ0v) is 9.02. The number of benzene rings is 2. The Morgan fingerprint density at radius 2 is 1.78 bits per heavy atom. The molecule has 0 spiro atoms. The summed E-state index contributed by atoms with van der Waals surface area (Å²) in [4.78, 5) is 11.0. The van der Waals surface area contributed by atoms with Crippen LogP contribution in [0.4, 0.5) is 8.78 Å². The zero-order chi connectivity index (χ0) is 13.3. The SMILES string of the molecule is O=C(O)c1c(F)cccc1-c1ccc(F)cc1O. The van der Waals surface area contributed by atoms with E-state index in [2.05, 4.69) is 0 Å². The second-order valence-corrected chi connectivity index (χ2v) is 3.63. The molecule has 0 bridgehead atoms. The van der Waals surface area contributed by atoms with E-state index in [-0.39, 0.29) is 11.1 Å². The number of carboxylic acid groups (broad SMARTS) is 1. The molecule has 0 fully saturated rings. The summed E-state index contributed by atoms with van der Waals surface area (Å²) in [5.74, 6) is -3.47. The van der Waals surface area contributed by atoms with Crippen molar-refractivity contribution in [3.63, 3.8) is 0 Å². The first kappa shape index (κ1) is 12.0. The predicted octanol–water partition coefficient (Wildman–Crippen LogP) is 3.04.